The highest BCUT2D eigenvalue weighted by atomic mass is 35.5. The summed E-state index contributed by atoms with van der Waals surface area (Å²) in [4.78, 5) is 19.3. The molecule has 1 aromatic carbocycles. The van der Waals surface area contributed by atoms with E-state index in [0.29, 0.717) is 0 Å². The molecule has 1 aromatic rings. The molecule has 0 aliphatic carbocycles. The van der Waals surface area contributed by atoms with Gasteiger partial charge >= 0.3 is 5.69 Å². The van der Waals surface area contributed by atoms with Gasteiger partial charge in [0.2, 0.25) is 0 Å². The molecular weight excluding hydrogens is 228 g/mol. The van der Waals surface area contributed by atoms with Crippen LogP contribution in [0, 0.1) is 20.2 Å². The van der Waals surface area contributed by atoms with Crippen LogP contribution in [0.25, 0.3) is 0 Å². The predicted molar refractivity (Wildman–Crippen MR) is 52.6 cm³/mol. The second-order valence-electron chi connectivity index (χ2n) is 2.48. The molecule has 0 radical (unpaired) electrons. The lowest BCUT2D eigenvalue weighted by Crippen LogP contribution is -2.10. The molecule has 80 valence electrons. The Morgan fingerprint density at radius 2 is 1.87 bits per heavy atom. The van der Waals surface area contributed by atoms with Crippen molar-refractivity contribution in [3.8, 4) is 0 Å². The molecule has 0 bridgehead atoms. The van der Waals surface area contributed by atoms with Crippen molar-refractivity contribution in [1.29, 1.82) is 0 Å². The number of nitro benzene ring substituents is 2. The van der Waals surface area contributed by atoms with Crippen LogP contribution in [0.15, 0.2) is 12.1 Å². The number of nitrogen functional groups attached to an aromatic ring is 1. The topological polar surface area (TPSA) is 124 Å². The van der Waals surface area contributed by atoms with Gasteiger partial charge in [-0.05, 0) is 0 Å². The van der Waals surface area contributed by atoms with Crippen molar-refractivity contribution in [1.82, 2.24) is 0 Å². The number of hydrogen-bond acceptors (Lipinski definition) is 6. The van der Waals surface area contributed by atoms with Gasteiger partial charge in [0.25, 0.3) is 5.69 Å². The van der Waals surface area contributed by atoms with Gasteiger partial charge in [0, 0.05) is 6.07 Å². The van der Waals surface area contributed by atoms with Gasteiger partial charge in [-0.15, -0.1) is 0 Å². The highest BCUT2D eigenvalue weighted by molar-refractivity contribution is 6.34. The summed E-state index contributed by atoms with van der Waals surface area (Å²) in [5.41, 5.74) is 0.844. The molecule has 0 spiro atoms. The molecule has 9 heteroatoms. The quantitative estimate of drug-likeness (QED) is 0.461. The highest BCUT2D eigenvalue weighted by Crippen LogP contribution is 2.35. The van der Waals surface area contributed by atoms with Crippen molar-refractivity contribution < 1.29 is 9.85 Å². The van der Waals surface area contributed by atoms with Gasteiger partial charge in [-0.1, -0.05) is 11.6 Å². The number of rotatable bonds is 3. The van der Waals surface area contributed by atoms with Crippen LogP contribution in [0.4, 0.5) is 17.1 Å². The van der Waals surface area contributed by atoms with Crippen LogP contribution in [0.1, 0.15) is 0 Å². The highest BCUT2D eigenvalue weighted by Gasteiger charge is 2.22. The van der Waals surface area contributed by atoms with Crippen LogP contribution in [0.3, 0.4) is 0 Å². The lowest BCUT2D eigenvalue weighted by atomic mass is 10.2. The van der Waals surface area contributed by atoms with Crippen molar-refractivity contribution in [2.24, 2.45) is 5.84 Å². The van der Waals surface area contributed by atoms with E-state index < -0.39 is 21.2 Å². The van der Waals surface area contributed by atoms with E-state index in [0.717, 1.165) is 12.1 Å². The first-order valence-corrected chi connectivity index (χ1v) is 3.94. The van der Waals surface area contributed by atoms with Crippen LogP contribution < -0.4 is 11.3 Å². The van der Waals surface area contributed by atoms with E-state index in [9.17, 15) is 20.2 Å². The summed E-state index contributed by atoms with van der Waals surface area (Å²) < 4.78 is 0. The first-order valence-electron chi connectivity index (χ1n) is 3.56. The predicted octanol–water partition coefficient (Wildman–Crippen LogP) is 1.44. The van der Waals surface area contributed by atoms with Gasteiger partial charge in [0.15, 0.2) is 0 Å². The summed E-state index contributed by atoms with van der Waals surface area (Å²) in [6, 6.07) is 1.75. The van der Waals surface area contributed by atoms with Crippen LogP contribution in [0.2, 0.25) is 5.02 Å². The largest absolute Gasteiger partial charge is 0.317 e. The third-order valence-corrected chi connectivity index (χ3v) is 1.90. The second kappa shape index (κ2) is 4.07. The minimum atomic E-state index is -0.811. The number of nitro groups is 2. The van der Waals surface area contributed by atoms with Gasteiger partial charge in [-0.2, -0.15) is 0 Å². The van der Waals surface area contributed by atoms with Gasteiger partial charge in [0.1, 0.15) is 5.69 Å². The summed E-state index contributed by atoms with van der Waals surface area (Å²) in [5, 5.41) is 20.8. The maximum atomic E-state index is 10.5. The molecule has 1 rings (SSSR count). The number of nitrogens with one attached hydrogen (secondary N) is 1. The van der Waals surface area contributed by atoms with Crippen molar-refractivity contribution in [3.63, 3.8) is 0 Å². The van der Waals surface area contributed by atoms with E-state index in [4.69, 9.17) is 17.4 Å². The number of hydrazine groups is 1. The molecule has 3 N–H and O–H groups in total. The molecule has 0 saturated heterocycles. The summed E-state index contributed by atoms with van der Waals surface area (Å²) in [5.74, 6) is 5.01. The first kappa shape index (κ1) is 11.1. The molecule has 0 atom stereocenters. The molecule has 0 aliphatic heterocycles. The normalized spacial score (nSPS) is 9.73. The number of benzene rings is 1. The monoisotopic (exact) mass is 232 g/mol. The fourth-order valence-electron chi connectivity index (χ4n) is 0.971. The van der Waals surface area contributed by atoms with Gasteiger partial charge < -0.3 is 5.43 Å². The number of hydrogen-bond donors (Lipinski definition) is 2. The zero-order valence-electron chi connectivity index (χ0n) is 7.14. The fraction of sp³-hybridized carbons (Fsp3) is 0. The Morgan fingerprint density at radius 1 is 1.27 bits per heavy atom. The Bertz CT molecular complexity index is 435. The van der Waals surface area contributed by atoms with Crippen molar-refractivity contribution in [2.75, 3.05) is 5.43 Å². The number of nitrogens with two attached hydrogens (primary N) is 1. The Morgan fingerprint density at radius 3 is 2.27 bits per heavy atom. The smallest absolute Gasteiger partial charge is 0.302 e. The maximum Gasteiger partial charge on any atom is 0.302 e. The molecular formula is C6H5ClN4O4. The Kier molecular flexibility index (Phi) is 3.02. The third kappa shape index (κ3) is 2.11. The van der Waals surface area contributed by atoms with Crippen molar-refractivity contribution in [2.45, 2.75) is 0 Å². The SMILES string of the molecule is NNc1c(Cl)cc([N+](=O)[O-])cc1[N+](=O)[O-]. The average molecular weight is 233 g/mol. The van der Waals surface area contributed by atoms with Crippen LogP contribution in [0.5, 0.6) is 0 Å². The Labute approximate surface area is 87.9 Å². The number of anilines is 1. The lowest BCUT2D eigenvalue weighted by molar-refractivity contribution is -0.393. The molecule has 15 heavy (non-hydrogen) atoms. The molecule has 0 heterocycles. The summed E-state index contributed by atoms with van der Waals surface area (Å²) >= 11 is 5.57. The number of non-ortho nitro benzene ring substituents is 1. The van der Waals surface area contributed by atoms with E-state index in [1.807, 2.05) is 5.43 Å². The zero-order chi connectivity index (χ0) is 11.6. The minimum absolute atomic E-state index is 0.160. The molecule has 0 fully saturated rings. The molecule has 0 unspecified atom stereocenters. The Balaban J connectivity index is 3.45. The van der Waals surface area contributed by atoms with Crippen LogP contribution in [-0.2, 0) is 0 Å². The fourth-order valence-corrected chi connectivity index (χ4v) is 1.23. The molecule has 0 aliphatic rings. The zero-order valence-corrected chi connectivity index (χ0v) is 7.89. The van der Waals surface area contributed by atoms with E-state index in [1.165, 1.54) is 0 Å². The van der Waals surface area contributed by atoms with Crippen LogP contribution >= 0.6 is 11.6 Å². The number of halogens is 1. The maximum absolute atomic E-state index is 10.5. The second-order valence-corrected chi connectivity index (χ2v) is 2.89. The van der Waals surface area contributed by atoms with Crippen molar-refractivity contribution in [3.05, 3.63) is 37.4 Å². The minimum Gasteiger partial charge on any atom is -0.317 e. The van der Waals surface area contributed by atoms with Gasteiger partial charge in [-0.25, -0.2) is 0 Å². The summed E-state index contributed by atoms with van der Waals surface area (Å²) in [7, 11) is 0. The summed E-state index contributed by atoms with van der Waals surface area (Å²) in [6.07, 6.45) is 0. The standard InChI is InChI=1S/C6H5ClN4O4/c7-4-1-3(10(12)13)2-5(11(14)15)6(4)9-8/h1-2,9H,8H2. The Hall–Kier alpha value is -1.93. The number of nitrogens with zero attached hydrogens (tertiary/aromatic N) is 2. The molecule has 0 amide bonds. The van der Waals surface area contributed by atoms with Gasteiger partial charge in [-0.3, -0.25) is 26.1 Å². The first-order chi connectivity index (χ1) is 6.97. The molecule has 0 aromatic heterocycles. The van der Waals surface area contributed by atoms with Gasteiger partial charge in [0.05, 0.1) is 20.9 Å². The van der Waals surface area contributed by atoms with E-state index in [-0.39, 0.29) is 10.7 Å². The lowest BCUT2D eigenvalue weighted by Gasteiger charge is -2.03. The average Bonchev–Trinajstić information content (AvgIpc) is 2.16. The van der Waals surface area contributed by atoms with E-state index >= 15 is 0 Å². The molecule has 8 nitrogen and oxygen atoms in total. The third-order valence-electron chi connectivity index (χ3n) is 1.61. The molecule has 0 saturated carbocycles. The summed E-state index contributed by atoms with van der Waals surface area (Å²) in [6.45, 7) is 0. The van der Waals surface area contributed by atoms with Crippen molar-refractivity contribution >= 4 is 28.7 Å². The van der Waals surface area contributed by atoms with Crippen LogP contribution in [-0.4, -0.2) is 9.85 Å². The van der Waals surface area contributed by atoms with E-state index in [1.54, 1.807) is 0 Å². The van der Waals surface area contributed by atoms with E-state index in [2.05, 4.69) is 0 Å².